The van der Waals surface area contributed by atoms with E-state index < -0.39 is 20.0 Å². The zero-order valence-corrected chi connectivity index (χ0v) is 10.8. The lowest BCUT2D eigenvalue weighted by Gasteiger charge is -2.21. The molecule has 0 spiro atoms. The fraction of sp³-hybridized carbons (Fsp3) is 0.333. The number of hydrogen-bond acceptors (Lipinski definition) is 4. The molecule has 0 saturated heterocycles. The highest BCUT2D eigenvalue weighted by Crippen LogP contribution is 2.24. The van der Waals surface area contributed by atoms with Gasteiger partial charge in [0.2, 0.25) is 20.0 Å². The van der Waals surface area contributed by atoms with Crippen LogP contribution in [0.1, 0.15) is 5.56 Å². The summed E-state index contributed by atoms with van der Waals surface area (Å²) in [4.78, 5) is 0. The summed E-state index contributed by atoms with van der Waals surface area (Å²) in [5.41, 5.74) is 0.742. The Morgan fingerprint density at radius 2 is 1.38 bits per heavy atom. The van der Waals surface area contributed by atoms with Crippen molar-refractivity contribution in [2.75, 3.05) is 16.2 Å². The van der Waals surface area contributed by atoms with Crippen molar-refractivity contribution < 1.29 is 16.8 Å². The monoisotopic (exact) mass is 263 g/mol. The summed E-state index contributed by atoms with van der Waals surface area (Å²) in [6.45, 7) is 1.65. The highest BCUT2D eigenvalue weighted by atomic mass is 32.3. The van der Waals surface area contributed by atoms with E-state index in [1.807, 2.05) is 0 Å². The summed E-state index contributed by atoms with van der Waals surface area (Å²) >= 11 is 0. The molecule has 1 aromatic rings. The fourth-order valence-electron chi connectivity index (χ4n) is 1.37. The maximum Gasteiger partial charge on any atom is 0.245 e. The topological polar surface area (TPSA) is 71.5 Å². The molecule has 1 aromatic carbocycles. The molecule has 1 rings (SSSR count). The molecule has 0 aliphatic heterocycles. The Labute approximate surface area is 95.8 Å². The molecule has 0 unspecified atom stereocenters. The maximum atomic E-state index is 11.5. The van der Waals surface area contributed by atoms with E-state index in [0.717, 1.165) is 12.5 Å². The quantitative estimate of drug-likeness (QED) is 0.805. The normalized spacial score (nSPS) is 12.4. The van der Waals surface area contributed by atoms with Crippen LogP contribution in [-0.4, -0.2) is 29.3 Å². The number of aryl methyl sites for hydroxylation is 1. The van der Waals surface area contributed by atoms with Crippen molar-refractivity contribution in [2.45, 2.75) is 6.92 Å². The molecule has 7 heteroatoms. The Bertz CT molecular complexity index is 558. The molecule has 0 heterocycles. The Morgan fingerprint density at radius 1 is 0.938 bits per heavy atom. The smallest absolute Gasteiger partial charge is 0.206 e. The van der Waals surface area contributed by atoms with Crippen LogP contribution < -0.4 is 3.71 Å². The molecule has 0 radical (unpaired) electrons. The van der Waals surface area contributed by atoms with Crippen molar-refractivity contribution >= 4 is 25.7 Å². The van der Waals surface area contributed by atoms with E-state index in [1.165, 1.54) is 6.07 Å². The molecule has 0 bridgehead atoms. The fourth-order valence-corrected chi connectivity index (χ4v) is 4.46. The Hall–Kier alpha value is -1.08. The maximum absolute atomic E-state index is 11.5. The second-order valence-electron chi connectivity index (χ2n) is 3.51. The van der Waals surface area contributed by atoms with Crippen molar-refractivity contribution in [2.24, 2.45) is 0 Å². The van der Waals surface area contributed by atoms with Gasteiger partial charge in [0.1, 0.15) is 0 Å². The first kappa shape index (κ1) is 13.0. The van der Waals surface area contributed by atoms with E-state index in [1.54, 1.807) is 25.1 Å². The van der Waals surface area contributed by atoms with Crippen LogP contribution in [0.4, 0.5) is 5.69 Å². The SMILES string of the molecule is Cc1ccccc1N(S(C)(=O)=O)S(C)(=O)=O. The van der Waals surface area contributed by atoms with Crippen LogP contribution in [0.25, 0.3) is 0 Å². The van der Waals surface area contributed by atoms with Crippen LogP contribution in [0.3, 0.4) is 0 Å². The molecular formula is C9H13NO4S2. The molecule has 0 fully saturated rings. The van der Waals surface area contributed by atoms with Gasteiger partial charge in [0.25, 0.3) is 0 Å². The molecule has 0 saturated carbocycles. The van der Waals surface area contributed by atoms with Gasteiger partial charge in [-0.3, -0.25) is 0 Å². The summed E-state index contributed by atoms with van der Waals surface area (Å²) in [5, 5.41) is 0. The van der Waals surface area contributed by atoms with E-state index in [2.05, 4.69) is 0 Å². The number of rotatable bonds is 3. The van der Waals surface area contributed by atoms with Crippen LogP contribution in [0.15, 0.2) is 24.3 Å². The number of sulfonamides is 2. The Kier molecular flexibility index (Phi) is 3.30. The minimum Gasteiger partial charge on any atom is -0.206 e. The molecule has 16 heavy (non-hydrogen) atoms. The second-order valence-corrected chi connectivity index (χ2v) is 7.40. The van der Waals surface area contributed by atoms with Crippen LogP contribution in [0.2, 0.25) is 0 Å². The van der Waals surface area contributed by atoms with Crippen molar-refractivity contribution in [3.63, 3.8) is 0 Å². The third-order valence-electron chi connectivity index (χ3n) is 1.91. The van der Waals surface area contributed by atoms with Gasteiger partial charge in [-0.2, -0.15) is 3.71 Å². The summed E-state index contributed by atoms with van der Waals surface area (Å²) in [6.07, 6.45) is 1.72. The van der Waals surface area contributed by atoms with Crippen LogP contribution in [0.5, 0.6) is 0 Å². The van der Waals surface area contributed by atoms with Gasteiger partial charge in [0, 0.05) is 0 Å². The summed E-state index contributed by atoms with van der Waals surface area (Å²) in [5.74, 6) is 0. The van der Waals surface area contributed by atoms with E-state index in [9.17, 15) is 16.8 Å². The van der Waals surface area contributed by atoms with Gasteiger partial charge in [-0.25, -0.2) is 16.8 Å². The third kappa shape index (κ3) is 2.73. The number of anilines is 1. The van der Waals surface area contributed by atoms with Crippen LogP contribution >= 0.6 is 0 Å². The second kappa shape index (κ2) is 4.06. The lowest BCUT2D eigenvalue weighted by molar-refractivity contribution is 0.590. The van der Waals surface area contributed by atoms with Gasteiger partial charge in [-0.1, -0.05) is 18.2 Å². The first-order chi connectivity index (χ1) is 7.14. The highest BCUT2D eigenvalue weighted by molar-refractivity contribution is 8.09. The van der Waals surface area contributed by atoms with E-state index in [0.29, 0.717) is 9.27 Å². The first-order valence-electron chi connectivity index (χ1n) is 4.40. The molecular weight excluding hydrogens is 250 g/mol. The van der Waals surface area contributed by atoms with Crippen molar-refractivity contribution in [1.82, 2.24) is 0 Å². The van der Waals surface area contributed by atoms with Crippen molar-refractivity contribution in [1.29, 1.82) is 0 Å². The van der Waals surface area contributed by atoms with Gasteiger partial charge in [0.05, 0.1) is 18.2 Å². The lowest BCUT2D eigenvalue weighted by Crippen LogP contribution is -2.35. The lowest BCUT2D eigenvalue weighted by atomic mass is 10.2. The minimum atomic E-state index is -3.85. The molecule has 0 N–H and O–H groups in total. The molecule has 0 atom stereocenters. The standard InChI is InChI=1S/C9H13NO4S2/c1-8-6-4-5-7-9(8)10(15(2,11)12)16(3,13)14/h4-7H,1-3H3. The zero-order chi connectivity index (χ0) is 12.6. The van der Waals surface area contributed by atoms with Gasteiger partial charge in [-0.05, 0) is 18.6 Å². The zero-order valence-electron chi connectivity index (χ0n) is 9.21. The molecule has 90 valence electrons. The van der Waals surface area contributed by atoms with Gasteiger partial charge in [-0.15, -0.1) is 0 Å². The van der Waals surface area contributed by atoms with Crippen molar-refractivity contribution in [3.8, 4) is 0 Å². The number of benzene rings is 1. The summed E-state index contributed by atoms with van der Waals surface area (Å²) < 4.78 is 46.3. The molecule has 0 amide bonds. The van der Waals surface area contributed by atoms with Crippen LogP contribution in [0, 0.1) is 6.92 Å². The minimum absolute atomic E-state index is 0.160. The largest absolute Gasteiger partial charge is 0.245 e. The molecule has 5 nitrogen and oxygen atoms in total. The average molecular weight is 263 g/mol. The molecule has 0 aliphatic carbocycles. The number of hydrogen-bond donors (Lipinski definition) is 0. The predicted molar refractivity (Wildman–Crippen MR) is 63.3 cm³/mol. The summed E-state index contributed by atoms with van der Waals surface area (Å²) in [7, 11) is -7.71. The average Bonchev–Trinajstić information content (AvgIpc) is 2.03. The number of para-hydroxylation sites is 1. The van der Waals surface area contributed by atoms with Crippen molar-refractivity contribution in [3.05, 3.63) is 29.8 Å². The van der Waals surface area contributed by atoms with E-state index in [4.69, 9.17) is 0 Å². The van der Waals surface area contributed by atoms with Gasteiger partial charge < -0.3 is 0 Å². The van der Waals surface area contributed by atoms with Gasteiger partial charge in [0.15, 0.2) is 0 Å². The Morgan fingerprint density at radius 3 is 1.75 bits per heavy atom. The number of nitrogens with zero attached hydrogens (tertiary/aromatic N) is 1. The highest BCUT2D eigenvalue weighted by Gasteiger charge is 2.27. The van der Waals surface area contributed by atoms with Gasteiger partial charge >= 0.3 is 0 Å². The molecule has 0 aromatic heterocycles. The summed E-state index contributed by atoms with van der Waals surface area (Å²) in [6, 6.07) is 6.41. The van der Waals surface area contributed by atoms with E-state index >= 15 is 0 Å². The first-order valence-corrected chi connectivity index (χ1v) is 8.10. The molecule has 0 aliphatic rings. The predicted octanol–water partition coefficient (Wildman–Crippen LogP) is 0.721. The third-order valence-corrected chi connectivity index (χ3v) is 5.14. The van der Waals surface area contributed by atoms with E-state index in [-0.39, 0.29) is 5.69 Å². The van der Waals surface area contributed by atoms with Crippen LogP contribution in [-0.2, 0) is 20.0 Å². The Balaban J connectivity index is 3.54.